The molecule has 3 nitrogen and oxygen atoms in total. The Balaban J connectivity index is 2.34. The summed E-state index contributed by atoms with van der Waals surface area (Å²) in [4.78, 5) is 12.3. The van der Waals surface area contributed by atoms with E-state index in [1.165, 1.54) is 18.2 Å². The maximum absolute atomic E-state index is 13.6. The van der Waals surface area contributed by atoms with E-state index < -0.39 is 23.5 Å². The van der Waals surface area contributed by atoms with Gasteiger partial charge in [0.15, 0.2) is 0 Å². The van der Waals surface area contributed by atoms with Gasteiger partial charge in [0.05, 0.1) is 11.1 Å². The molecule has 25 heavy (non-hydrogen) atoms. The monoisotopic (exact) mass is 354 g/mol. The average Bonchev–Trinajstić information content (AvgIpc) is 2.58. The van der Waals surface area contributed by atoms with E-state index in [1.54, 1.807) is 7.05 Å². The highest BCUT2D eigenvalue weighted by Crippen LogP contribution is 2.33. The number of hydrogen-bond donors (Lipinski definition) is 2. The second-order valence-electron chi connectivity index (χ2n) is 5.48. The highest BCUT2D eigenvalue weighted by Gasteiger charge is 2.30. The number of halogens is 4. The normalized spacial score (nSPS) is 11.4. The van der Waals surface area contributed by atoms with Gasteiger partial charge in [0.2, 0.25) is 0 Å². The van der Waals surface area contributed by atoms with Crippen molar-refractivity contribution >= 4 is 5.91 Å². The molecule has 0 unspecified atom stereocenters. The molecular formula is C18H18F4N2O. The van der Waals surface area contributed by atoms with E-state index in [-0.39, 0.29) is 16.7 Å². The minimum atomic E-state index is -4.49. The molecule has 2 aromatic rings. The maximum atomic E-state index is 13.6. The number of hydrogen-bond acceptors (Lipinski definition) is 2. The summed E-state index contributed by atoms with van der Waals surface area (Å²) in [6.07, 6.45) is -3.82. The fraction of sp³-hybridized carbons (Fsp3) is 0.278. The molecule has 1 amide bonds. The molecule has 0 atom stereocenters. The standard InChI is InChI=1S/C18H18F4N2O/c1-23-8-3-9-24-17(25)16-11-14(19)6-7-15(16)12-4-2-5-13(10-12)18(20,21)22/h2,4-7,10-11,23H,3,8-9H2,1H3,(H,24,25). The van der Waals surface area contributed by atoms with Crippen molar-refractivity contribution in [2.45, 2.75) is 12.6 Å². The van der Waals surface area contributed by atoms with Gasteiger partial charge in [-0.25, -0.2) is 4.39 Å². The van der Waals surface area contributed by atoms with Crippen molar-refractivity contribution in [3.8, 4) is 11.1 Å². The molecule has 0 aliphatic carbocycles. The number of nitrogens with one attached hydrogen (secondary N) is 2. The van der Waals surface area contributed by atoms with Crippen LogP contribution in [0.2, 0.25) is 0 Å². The zero-order valence-corrected chi connectivity index (χ0v) is 13.6. The van der Waals surface area contributed by atoms with Gasteiger partial charge in [-0.2, -0.15) is 13.2 Å². The zero-order chi connectivity index (χ0) is 18.4. The molecule has 0 saturated heterocycles. The Labute approximate surface area is 143 Å². The number of alkyl halides is 3. The van der Waals surface area contributed by atoms with E-state index in [1.807, 2.05) is 0 Å². The Morgan fingerprint density at radius 2 is 1.84 bits per heavy atom. The minimum Gasteiger partial charge on any atom is -0.352 e. The molecule has 0 aliphatic rings. The van der Waals surface area contributed by atoms with E-state index in [2.05, 4.69) is 10.6 Å². The van der Waals surface area contributed by atoms with Crippen LogP contribution < -0.4 is 10.6 Å². The molecule has 0 spiro atoms. The first kappa shape index (κ1) is 18.9. The van der Waals surface area contributed by atoms with Crippen molar-refractivity contribution in [2.75, 3.05) is 20.1 Å². The fourth-order valence-electron chi connectivity index (χ4n) is 2.38. The Hall–Kier alpha value is -2.41. The molecule has 0 aromatic heterocycles. The average molecular weight is 354 g/mol. The van der Waals surface area contributed by atoms with Crippen LogP contribution in [0.4, 0.5) is 17.6 Å². The Bertz CT molecular complexity index is 744. The maximum Gasteiger partial charge on any atom is 0.416 e. The van der Waals surface area contributed by atoms with Crippen LogP contribution in [0.5, 0.6) is 0 Å². The summed E-state index contributed by atoms with van der Waals surface area (Å²) >= 11 is 0. The summed E-state index contributed by atoms with van der Waals surface area (Å²) in [7, 11) is 1.78. The largest absolute Gasteiger partial charge is 0.416 e. The molecule has 0 aliphatic heterocycles. The summed E-state index contributed by atoms with van der Waals surface area (Å²) < 4.78 is 52.3. The summed E-state index contributed by atoms with van der Waals surface area (Å²) in [6, 6.07) is 8.08. The smallest absolute Gasteiger partial charge is 0.352 e. The third-order valence-electron chi connectivity index (χ3n) is 3.62. The van der Waals surface area contributed by atoms with Crippen molar-refractivity contribution < 1.29 is 22.4 Å². The van der Waals surface area contributed by atoms with E-state index in [0.29, 0.717) is 19.5 Å². The van der Waals surface area contributed by atoms with E-state index in [0.717, 1.165) is 24.3 Å². The van der Waals surface area contributed by atoms with Crippen LogP contribution in [0.3, 0.4) is 0 Å². The Morgan fingerprint density at radius 1 is 1.08 bits per heavy atom. The van der Waals surface area contributed by atoms with Gasteiger partial charge in [-0.1, -0.05) is 18.2 Å². The van der Waals surface area contributed by atoms with Crippen LogP contribution in [-0.2, 0) is 6.18 Å². The topological polar surface area (TPSA) is 41.1 Å². The Morgan fingerprint density at radius 3 is 2.52 bits per heavy atom. The molecule has 2 N–H and O–H groups in total. The Kier molecular flexibility index (Phi) is 6.14. The first-order valence-corrected chi connectivity index (χ1v) is 7.73. The van der Waals surface area contributed by atoms with Crippen LogP contribution in [0.25, 0.3) is 11.1 Å². The predicted octanol–water partition coefficient (Wildman–Crippen LogP) is 3.85. The highest BCUT2D eigenvalue weighted by molar-refractivity contribution is 6.00. The van der Waals surface area contributed by atoms with Crippen molar-refractivity contribution in [3.05, 3.63) is 59.4 Å². The van der Waals surface area contributed by atoms with Gasteiger partial charge in [0.25, 0.3) is 5.91 Å². The van der Waals surface area contributed by atoms with E-state index >= 15 is 0 Å². The lowest BCUT2D eigenvalue weighted by Gasteiger charge is -2.13. The van der Waals surface area contributed by atoms with Gasteiger partial charge in [-0.05, 0) is 55.4 Å². The summed E-state index contributed by atoms with van der Waals surface area (Å²) in [5, 5.41) is 5.58. The van der Waals surface area contributed by atoms with Crippen LogP contribution in [0.15, 0.2) is 42.5 Å². The molecule has 0 fully saturated rings. The number of benzene rings is 2. The number of amides is 1. The van der Waals surface area contributed by atoms with Crippen molar-refractivity contribution in [3.63, 3.8) is 0 Å². The lowest BCUT2D eigenvalue weighted by molar-refractivity contribution is -0.137. The molecule has 2 rings (SSSR count). The minimum absolute atomic E-state index is 0.00350. The first-order chi connectivity index (χ1) is 11.8. The van der Waals surface area contributed by atoms with Gasteiger partial charge < -0.3 is 10.6 Å². The number of carbonyl (C=O) groups is 1. The van der Waals surface area contributed by atoms with Crippen molar-refractivity contribution in [1.82, 2.24) is 10.6 Å². The van der Waals surface area contributed by atoms with Gasteiger partial charge in [-0.15, -0.1) is 0 Å². The lowest BCUT2D eigenvalue weighted by atomic mass is 9.97. The van der Waals surface area contributed by atoms with E-state index in [4.69, 9.17) is 0 Å². The molecular weight excluding hydrogens is 336 g/mol. The second kappa shape index (κ2) is 8.11. The van der Waals surface area contributed by atoms with Crippen molar-refractivity contribution in [1.29, 1.82) is 0 Å². The van der Waals surface area contributed by atoms with Gasteiger partial charge in [0.1, 0.15) is 5.82 Å². The first-order valence-electron chi connectivity index (χ1n) is 7.73. The third kappa shape index (κ3) is 5.03. The summed E-state index contributed by atoms with van der Waals surface area (Å²) in [6.45, 7) is 1.07. The summed E-state index contributed by atoms with van der Waals surface area (Å²) in [5.41, 5.74) is -0.368. The van der Waals surface area contributed by atoms with Crippen LogP contribution in [0, 0.1) is 5.82 Å². The molecule has 0 saturated carbocycles. The molecule has 7 heteroatoms. The number of rotatable bonds is 6. The van der Waals surface area contributed by atoms with Crippen LogP contribution in [0.1, 0.15) is 22.3 Å². The third-order valence-corrected chi connectivity index (χ3v) is 3.62. The molecule has 134 valence electrons. The fourth-order valence-corrected chi connectivity index (χ4v) is 2.38. The van der Waals surface area contributed by atoms with Gasteiger partial charge in [-0.3, -0.25) is 4.79 Å². The molecule has 0 radical (unpaired) electrons. The summed E-state index contributed by atoms with van der Waals surface area (Å²) in [5.74, 6) is -1.15. The zero-order valence-electron chi connectivity index (χ0n) is 13.6. The molecule has 0 heterocycles. The predicted molar refractivity (Wildman–Crippen MR) is 87.7 cm³/mol. The quantitative estimate of drug-likeness (QED) is 0.611. The van der Waals surface area contributed by atoms with E-state index in [9.17, 15) is 22.4 Å². The van der Waals surface area contributed by atoms with Gasteiger partial charge in [0, 0.05) is 6.54 Å². The van der Waals surface area contributed by atoms with Crippen LogP contribution >= 0.6 is 0 Å². The van der Waals surface area contributed by atoms with Gasteiger partial charge >= 0.3 is 6.18 Å². The van der Waals surface area contributed by atoms with Crippen molar-refractivity contribution in [2.24, 2.45) is 0 Å². The molecule has 2 aromatic carbocycles. The SMILES string of the molecule is CNCCCNC(=O)c1cc(F)ccc1-c1cccc(C(F)(F)F)c1. The molecule has 0 bridgehead atoms. The highest BCUT2D eigenvalue weighted by atomic mass is 19.4. The number of carbonyl (C=O) groups excluding carboxylic acids is 1. The lowest BCUT2D eigenvalue weighted by Crippen LogP contribution is -2.27. The van der Waals surface area contributed by atoms with Crippen LogP contribution in [-0.4, -0.2) is 26.0 Å². The second-order valence-corrected chi connectivity index (χ2v) is 5.48.